The van der Waals surface area contributed by atoms with Gasteiger partial charge in [-0.05, 0) is 37.6 Å². The van der Waals surface area contributed by atoms with E-state index in [1.54, 1.807) is 18.9 Å². The number of nitrogens with one attached hydrogen (secondary N) is 1. The highest BCUT2D eigenvalue weighted by Crippen LogP contribution is 2.47. The molecule has 0 aromatic heterocycles. The van der Waals surface area contributed by atoms with Crippen LogP contribution in [0.15, 0.2) is 47.1 Å². The summed E-state index contributed by atoms with van der Waals surface area (Å²) in [5.41, 5.74) is 2.76. The number of fused-ring (bicyclic) bond motifs is 1. The summed E-state index contributed by atoms with van der Waals surface area (Å²) in [6.45, 7) is 3.70. The van der Waals surface area contributed by atoms with E-state index in [1.807, 2.05) is 18.2 Å². The van der Waals surface area contributed by atoms with Gasteiger partial charge in [-0.1, -0.05) is 23.9 Å². The number of carbonyl (C=O) groups excluding carboxylic acids is 1. The van der Waals surface area contributed by atoms with E-state index in [9.17, 15) is 4.79 Å². The van der Waals surface area contributed by atoms with E-state index in [4.69, 9.17) is 9.73 Å². The molecule has 0 fully saturated rings. The number of hydrogen-bond acceptors (Lipinski definition) is 4. The van der Waals surface area contributed by atoms with Crippen LogP contribution in [-0.2, 0) is 4.79 Å². The second kappa shape index (κ2) is 5.65. The van der Waals surface area contributed by atoms with Gasteiger partial charge in [-0.3, -0.25) is 4.79 Å². The van der Waals surface area contributed by atoms with E-state index >= 15 is 0 Å². The summed E-state index contributed by atoms with van der Waals surface area (Å²) in [4.78, 5) is 16.1. The van der Waals surface area contributed by atoms with Gasteiger partial charge in [0.1, 0.15) is 10.8 Å². The molecular formula is C17H18N2O2S. The van der Waals surface area contributed by atoms with Crippen molar-refractivity contribution < 1.29 is 9.53 Å². The van der Waals surface area contributed by atoms with Crippen LogP contribution in [0.25, 0.3) is 0 Å². The molecule has 1 atom stereocenters. The molecule has 0 radical (unpaired) electrons. The molecule has 3 rings (SSSR count). The number of amides is 1. The summed E-state index contributed by atoms with van der Waals surface area (Å²) >= 11 is 1.77. The van der Waals surface area contributed by atoms with Crippen LogP contribution in [0.4, 0.5) is 5.69 Å². The second-order valence-electron chi connectivity index (χ2n) is 5.53. The van der Waals surface area contributed by atoms with Crippen molar-refractivity contribution in [1.29, 1.82) is 0 Å². The lowest BCUT2D eigenvalue weighted by molar-refractivity contribution is -0.114. The average molecular weight is 314 g/mol. The minimum absolute atomic E-state index is 0.0121. The van der Waals surface area contributed by atoms with Gasteiger partial charge in [0.25, 0.3) is 0 Å². The molecule has 1 aliphatic heterocycles. The van der Waals surface area contributed by atoms with Gasteiger partial charge >= 0.3 is 0 Å². The summed E-state index contributed by atoms with van der Waals surface area (Å²) in [5.74, 6) is 0.524. The fraction of sp³-hybridized carbons (Fsp3) is 0.294. The summed E-state index contributed by atoms with van der Waals surface area (Å²) in [7, 11) is 1.59. The summed E-state index contributed by atoms with van der Waals surface area (Å²) in [5, 5.41) is 3.78. The van der Waals surface area contributed by atoms with Crippen molar-refractivity contribution in [2.24, 2.45) is 4.99 Å². The lowest BCUT2D eigenvalue weighted by Crippen LogP contribution is -2.20. The fourth-order valence-corrected chi connectivity index (χ4v) is 3.79. The largest absolute Gasteiger partial charge is 0.495 e. The van der Waals surface area contributed by atoms with Crippen LogP contribution < -0.4 is 10.1 Å². The number of rotatable bonds is 3. The van der Waals surface area contributed by atoms with Crippen molar-refractivity contribution in [1.82, 2.24) is 0 Å². The van der Waals surface area contributed by atoms with Crippen LogP contribution in [0.2, 0.25) is 0 Å². The van der Waals surface area contributed by atoms with Gasteiger partial charge in [-0.25, -0.2) is 4.99 Å². The van der Waals surface area contributed by atoms with Crippen LogP contribution in [0.5, 0.6) is 5.75 Å². The molecule has 22 heavy (non-hydrogen) atoms. The number of thioether (sulfide) groups is 1. The van der Waals surface area contributed by atoms with E-state index in [2.05, 4.69) is 30.5 Å². The fourth-order valence-electron chi connectivity index (χ4n) is 2.58. The standard InChI is InChI=1S/C17H18N2O2S/c1-11(20)18-13-10-12(7-8-14(13)21-3)16-19-15-6-4-5-9-17(15,2)22-16/h4-8,10H,9H2,1-3H3,(H,18,20). The molecule has 114 valence electrons. The quantitative estimate of drug-likeness (QED) is 0.924. The first-order chi connectivity index (χ1) is 10.5. The molecule has 4 nitrogen and oxygen atoms in total. The zero-order chi connectivity index (χ0) is 15.7. The number of aliphatic imine (C=N–C) groups is 1. The Bertz CT molecular complexity index is 721. The van der Waals surface area contributed by atoms with Gasteiger partial charge in [0.15, 0.2) is 0 Å². The number of methoxy groups -OCH3 is 1. The van der Waals surface area contributed by atoms with Crippen LogP contribution in [0.3, 0.4) is 0 Å². The molecular weight excluding hydrogens is 296 g/mol. The van der Waals surface area contributed by atoms with Crippen LogP contribution in [-0.4, -0.2) is 22.8 Å². The maximum absolute atomic E-state index is 11.4. The number of anilines is 1. The van der Waals surface area contributed by atoms with Gasteiger partial charge in [0.2, 0.25) is 5.91 Å². The summed E-state index contributed by atoms with van der Waals surface area (Å²) in [6, 6.07) is 5.76. The Kier molecular flexibility index (Phi) is 3.83. The minimum atomic E-state index is -0.121. The van der Waals surface area contributed by atoms with E-state index in [1.165, 1.54) is 6.92 Å². The Morgan fingerprint density at radius 3 is 2.95 bits per heavy atom. The predicted octanol–water partition coefficient (Wildman–Crippen LogP) is 3.75. The van der Waals surface area contributed by atoms with Crippen molar-refractivity contribution in [2.75, 3.05) is 12.4 Å². The van der Waals surface area contributed by atoms with Crippen LogP contribution in [0, 0.1) is 0 Å². The third-order valence-electron chi connectivity index (χ3n) is 3.74. The molecule has 5 heteroatoms. The van der Waals surface area contributed by atoms with Crippen molar-refractivity contribution in [2.45, 2.75) is 25.0 Å². The number of nitrogens with zero attached hydrogens (tertiary/aromatic N) is 1. The first-order valence-electron chi connectivity index (χ1n) is 7.13. The summed E-state index contributed by atoms with van der Waals surface area (Å²) < 4.78 is 5.31. The van der Waals surface area contributed by atoms with Gasteiger partial charge in [0, 0.05) is 12.5 Å². The molecule has 1 aromatic carbocycles. The number of carbonyl (C=O) groups is 1. The molecule has 1 unspecified atom stereocenters. The van der Waals surface area contributed by atoms with Crippen molar-refractivity contribution >= 4 is 28.4 Å². The number of hydrogen-bond donors (Lipinski definition) is 1. The SMILES string of the molecule is COc1ccc(C2=NC3=CC=CCC3(C)S2)cc1NC(C)=O. The molecule has 1 amide bonds. The molecule has 0 spiro atoms. The van der Waals surface area contributed by atoms with Crippen molar-refractivity contribution in [3.63, 3.8) is 0 Å². The lowest BCUT2D eigenvalue weighted by Gasteiger charge is -2.24. The molecule has 0 saturated heterocycles. The van der Waals surface area contributed by atoms with Crippen molar-refractivity contribution in [3.8, 4) is 5.75 Å². The first-order valence-corrected chi connectivity index (χ1v) is 7.94. The van der Waals surface area contributed by atoms with Gasteiger partial charge in [-0.2, -0.15) is 0 Å². The van der Waals surface area contributed by atoms with Crippen LogP contribution in [0.1, 0.15) is 25.8 Å². The topological polar surface area (TPSA) is 50.7 Å². The van der Waals surface area contributed by atoms with E-state index in [0.717, 1.165) is 22.7 Å². The average Bonchev–Trinajstić information content (AvgIpc) is 2.84. The third kappa shape index (κ3) is 2.68. The summed E-state index contributed by atoms with van der Waals surface area (Å²) in [6.07, 6.45) is 7.28. The number of benzene rings is 1. The highest BCUT2D eigenvalue weighted by Gasteiger charge is 2.37. The molecule has 1 N–H and O–H groups in total. The highest BCUT2D eigenvalue weighted by atomic mass is 32.2. The van der Waals surface area contributed by atoms with E-state index in [0.29, 0.717) is 11.4 Å². The molecule has 1 aromatic rings. The Morgan fingerprint density at radius 1 is 1.45 bits per heavy atom. The molecule has 0 saturated carbocycles. The molecule has 1 heterocycles. The first kappa shape index (κ1) is 14.9. The molecule has 2 aliphatic rings. The normalized spacial score (nSPS) is 22.7. The maximum Gasteiger partial charge on any atom is 0.221 e. The zero-order valence-corrected chi connectivity index (χ0v) is 13.7. The zero-order valence-electron chi connectivity index (χ0n) is 12.8. The minimum Gasteiger partial charge on any atom is -0.495 e. The monoisotopic (exact) mass is 314 g/mol. The van der Waals surface area contributed by atoms with E-state index in [-0.39, 0.29) is 10.7 Å². The Morgan fingerprint density at radius 2 is 2.27 bits per heavy atom. The lowest BCUT2D eigenvalue weighted by atomic mass is 9.98. The predicted molar refractivity (Wildman–Crippen MR) is 91.7 cm³/mol. The smallest absolute Gasteiger partial charge is 0.221 e. The Balaban J connectivity index is 1.96. The van der Waals surface area contributed by atoms with Gasteiger partial charge in [0.05, 0.1) is 23.2 Å². The van der Waals surface area contributed by atoms with Crippen LogP contribution >= 0.6 is 11.8 Å². The Hall–Kier alpha value is -2.01. The third-order valence-corrected chi connectivity index (χ3v) is 5.09. The van der Waals surface area contributed by atoms with E-state index < -0.39 is 0 Å². The molecule has 1 aliphatic carbocycles. The molecule has 0 bridgehead atoms. The van der Waals surface area contributed by atoms with Gasteiger partial charge in [-0.15, -0.1) is 0 Å². The highest BCUT2D eigenvalue weighted by molar-refractivity contribution is 8.16. The maximum atomic E-state index is 11.4. The second-order valence-corrected chi connectivity index (χ2v) is 7.02. The Labute approximate surface area is 134 Å². The number of allylic oxidation sites excluding steroid dienone is 3. The van der Waals surface area contributed by atoms with Gasteiger partial charge < -0.3 is 10.1 Å². The van der Waals surface area contributed by atoms with Crippen molar-refractivity contribution in [3.05, 3.63) is 47.7 Å². The number of ether oxygens (including phenoxy) is 1.